The summed E-state index contributed by atoms with van der Waals surface area (Å²) < 4.78 is 8.62. The van der Waals surface area contributed by atoms with E-state index < -0.39 is 19.8 Å². The summed E-state index contributed by atoms with van der Waals surface area (Å²) in [5, 5.41) is 5.85. The van der Waals surface area contributed by atoms with Crippen LogP contribution in [0.25, 0.3) is 0 Å². The first-order valence-electron chi connectivity index (χ1n) is 11.4. The second kappa shape index (κ2) is 10.7. The van der Waals surface area contributed by atoms with E-state index in [9.17, 15) is 9.59 Å². The molecule has 0 aromatic heterocycles. The number of carbonyl (C=O) groups is 2. The molecule has 2 aliphatic rings. The molecule has 0 atom stereocenters. The van der Waals surface area contributed by atoms with Crippen molar-refractivity contribution in [3.63, 3.8) is 0 Å². The van der Waals surface area contributed by atoms with Gasteiger partial charge in [-0.05, 0) is 0 Å². The molecule has 0 spiro atoms. The van der Waals surface area contributed by atoms with Crippen LogP contribution in [0.15, 0.2) is 48.5 Å². The summed E-state index contributed by atoms with van der Waals surface area (Å²) >= 11 is -0.924. The molecule has 2 fully saturated rings. The van der Waals surface area contributed by atoms with E-state index in [0.29, 0.717) is 11.6 Å². The SMILES string of the molecule is COc1ccc(C(=O)NCC(=O)NC2CI(C3CCC(c4ccccc4)CC3)C2)cc1C. The third-order valence-electron chi connectivity index (χ3n) is 6.56. The van der Waals surface area contributed by atoms with Gasteiger partial charge in [0.15, 0.2) is 0 Å². The van der Waals surface area contributed by atoms with E-state index in [1.807, 2.05) is 6.92 Å². The standard InChI is InChI=1S/C26H33IN2O3/c1-18-14-21(10-13-24(18)32-2)26(31)28-17-25(30)29-23-15-27(16-23)22-11-8-20(9-12-22)19-6-4-3-5-7-19/h3-7,10,13-14,20,22-23H,8-9,11-12,15-17H2,1-2H3,(H,28,31)(H,29,30). The van der Waals surface area contributed by atoms with Crippen LogP contribution in [0.5, 0.6) is 5.75 Å². The quantitative estimate of drug-likeness (QED) is 0.397. The summed E-state index contributed by atoms with van der Waals surface area (Å²) in [4.78, 5) is 24.6. The molecule has 2 N–H and O–H groups in total. The number of alkyl halides is 3. The fourth-order valence-corrected chi connectivity index (χ4v) is 11.6. The Morgan fingerprint density at radius 2 is 1.75 bits per heavy atom. The van der Waals surface area contributed by atoms with E-state index in [2.05, 4.69) is 41.0 Å². The molecule has 0 unspecified atom stereocenters. The van der Waals surface area contributed by atoms with Gasteiger partial charge in [0, 0.05) is 0 Å². The number of nitrogens with one attached hydrogen (secondary N) is 2. The van der Waals surface area contributed by atoms with E-state index in [-0.39, 0.29) is 18.4 Å². The second-order valence-corrected chi connectivity index (χ2v) is 15.2. The zero-order valence-electron chi connectivity index (χ0n) is 18.9. The maximum absolute atomic E-state index is 12.3. The topological polar surface area (TPSA) is 67.4 Å². The summed E-state index contributed by atoms with van der Waals surface area (Å²) in [5.41, 5.74) is 2.94. The molecule has 1 heterocycles. The Bertz CT molecular complexity index is 935. The third-order valence-corrected chi connectivity index (χ3v) is 14.7. The van der Waals surface area contributed by atoms with Crippen molar-refractivity contribution in [2.45, 2.75) is 48.5 Å². The molecule has 1 aliphatic heterocycles. The molecule has 1 saturated carbocycles. The van der Waals surface area contributed by atoms with Gasteiger partial charge in [0.1, 0.15) is 0 Å². The Kier molecular flexibility index (Phi) is 7.71. The van der Waals surface area contributed by atoms with E-state index in [1.54, 1.807) is 25.3 Å². The number of hydrogen-bond acceptors (Lipinski definition) is 3. The van der Waals surface area contributed by atoms with Gasteiger partial charge in [-0.1, -0.05) is 0 Å². The van der Waals surface area contributed by atoms with Crippen LogP contribution in [0, 0.1) is 6.92 Å². The number of ether oxygens (including phenoxy) is 1. The van der Waals surface area contributed by atoms with Gasteiger partial charge in [-0.3, -0.25) is 0 Å². The van der Waals surface area contributed by atoms with Gasteiger partial charge in [-0.2, -0.15) is 0 Å². The van der Waals surface area contributed by atoms with Crippen molar-refractivity contribution >= 4 is 31.6 Å². The number of carbonyl (C=O) groups excluding carboxylic acids is 2. The number of hydrogen-bond donors (Lipinski definition) is 2. The Balaban J connectivity index is 1.14. The number of halogens is 1. The molecule has 172 valence electrons. The van der Waals surface area contributed by atoms with Crippen LogP contribution in [0.3, 0.4) is 0 Å². The van der Waals surface area contributed by atoms with Crippen molar-refractivity contribution in [1.82, 2.24) is 10.6 Å². The van der Waals surface area contributed by atoms with Crippen molar-refractivity contribution in [1.29, 1.82) is 0 Å². The fraction of sp³-hybridized carbons (Fsp3) is 0.462. The number of amides is 2. The average Bonchev–Trinajstić information content (AvgIpc) is 2.80. The average molecular weight is 548 g/mol. The van der Waals surface area contributed by atoms with Crippen LogP contribution < -0.4 is 15.4 Å². The third kappa shape index (κ3) is 5.63. The van der Waals surface area contributed by atoms with Gasteiger partial charge in [-0.25, -0.2) is 0 Å². The minimum atomic E-state index is -0.924. The van der Waals surface area contributed by atoms with Gasteiger partial charge in [-0.15, -0.1) is 0 Å². The molecular weight excluding hydrogens is 515 g/mol. The van der Waals surface area contributed by atoms with E-state index in [0.717, 1.165) is 21.2 Å². The molecule has 2 amide bonds. The Morgan fingerprint density at radius 1 is 1.03 bits per heavy atom. The van der Waals surface area contributed by atoms with E-state index in [1.165, 1.54) is 40.1 Å². The van der Waals surface area contributed by atoms with Crippen molar-refractivity contribution in [3.8, 4) is 5.75 Å². The van der Waals surface area contributed by atoms with Gasteiger partial charge < -0.3 is 0 Å². The normalized spacial score (nSPS) is 22.0. The summed E-state index contributed by atoms with van der Waals surface area (Å²) in [6, 6.07) is 16.5. The van der Waals surface area contributed by atoms with Gasteiger partial charge in [0.05, 0.1) is 7.11 Å². The minimum absolute atomic E-state index is 0.0246. The molecule has 0 bridgehead atoms. The second-order valence-electron chi connectivity index (χ2n) is 8.80. The van der Waals surface area contributed by atoms with Gasteiger partial charge >= 0.3 is 191 Å². The van der Waals surface area contributed by atoms with Crippen LogP contribution in [-0.4, -0.2) is 44.3 Å². The fourth-order valence-electron chi connectivity index (χ4n) is 4.74. The summed E-state index contributed by atoms with van der Waals surface area (Å²) in [7, 11) is 1.61. The molecule has 1 aliphatic carbocycles. The first-order valence-corrected chi connectivity index (χ1v) is 15.7. The number of rotatable bonds is 7. The summed E-state index contributed by atoms with van der Waals surface area (Å²) in [6.45, 7) is 1.92. The molecule has 2 aromatic rings. The molecule has 6 heteroatoms. The van der Waals surface area contributed by atoms with Crippen molar-refractivity contribution < 1.29 is 14.3 Å². The maximum atomic E-state index is 12.3. The predicted molar refractivity (Wildman–Crippen MR) is 137 cm³/mol. The molecule has 0 radical (unpaired) electrons. The van der Waals surface area contributed by atoms with E-state index >= 15 is 0 Å². The van der Waals surface area contributed by atoms with Crippen molar-refractivity contribution in [3.05, 3.63) is 65.2 Å². The summed E-state index contributed by atoms with van der Waals surface area (Å²) in [5.74, 6) is 1.16. The monoisotopic (exact) mass is 548 g/mol. The number of benzene rings is 2. The molecule has 32 heavy (non-hydrogen) atoms. The van der Waals surface area contributed by atoms with Gasteiger partial charge in [0.2, 0.25) is 0 Å². The number of methoxy groups -OCH3 is 1. The molecular formula is C26H33IN2O3. The van der Waals surface area contributed by atoms with Crippen molar-refractivity contribution in [2.24, 2.45) is 0 Å². The number of aryl methyl sites for hydroxylation is 1. The zero-order chi connectivity index (χ0) is 22.5. The molecule has 4 rings (SSSR count). The first-order chi connectivity index (χ1) is 15.5. The van der Waals surface area contributed by atoms with Crippen LogP contribution >= 0.6 is 19.8 Å². The van der Waals surface area contributed by atoms with Crippen LogP contribution in [0.1, 0.15) is 53.1 Å². The van der Waals surface area contributed by atoms with Crippen LogP contribution in [0.2, 0.25) is 0 Å². The van der Waals surface area contributed by atoms with E-state index in [4.69, 9.17) is 4.74 Å². The predicted octanol–water partition coefficient (Wildman–Crippen LogP) is 4.46. The van der Waals surface area contributed by atoms with Gasteiger partial charge in [0.25, 0.3) is 0 Å². The zero-order valence-corrected chi connectivity index (χ0v) is 21.1. The first kappa shape index (κ1) is 23.1. The van der Waals surface area contributed by atoms with Crippen LogP contribution in [-0.2, 0) is 4.79 Å². The van der Waals surface area contributed by atoms with Crippen molar-refractivity contribution in [2.75, 3.05) is 22.5 Å². The molecule has 2 aromatic carbocycles. The van der Waals surface area contributed by atoms with Crippen LogP contribution in [0.4, 0.5) is 0 Å². The molecule has 1 saturated heterocycles. The Labute approximate surface area is 198 Å². The Morgan fingerprint density at radius 3 is 2.41 bits per heavy atom. The Hall–Kier alpha value is -2.09. The molecule has 5 nitrogen and oxygen atoms in total. The summed E-state index contributed by atoms with van der Waals surface area (Å²) in [6.07, 6.45) is 5.36.